The minimum Gasteiger partial charge on any atom is -0.493 e. The molecule has 1 unspecified atom stereocenters. The number of hydrogen-bond acceptors (Lipinski definition) is 6. The molecule has 3 rings (SSSR count). The number of carboxylic acid groups (broad SMARTS) is 1. The molecule has 166 valence electrons. The van der Waals surface area contributed by atoms with Gasteiger partial charge in [0.25, 0.3) is 0 Å². The molecule has 0 heterocycles. The van der Waals surface area contributed by atoms with Crippen LogP contribution in [0.1, 0.15) is 13.3 Å². The Morgan fingerprint density at radius 2 is 1.84 bits per heavy atom. The van der Waals surface area contributed by atoms with Gasteiger partial charge in [0.2, 0.25) is 0 Å². The van der Waals surface area contributed by atoms with Crippen LogP contribution in [0.2, 0.25) is 0 Å². The molecule has 0 radical (unpaired) electrons. The second-order valence-corrected chi connectivity index (χ2v) is 8.06. The smallest absolute Gasteiger partial charge is 0.305 e. The van der Waals surface area contributed by atoms with Gasteiger partial charge in [0, 0.05) is 27.4 Å². The summed E-state index contributed by atoms with van der Waals surface area (Å²) in [6, 6.07) is 17.5. The van der Waals surface area contributed by atoms with Gasteiger partial charge < -0.3 is 24.2 Å². The van der Waals surface area contributed by atoms with Crippen molar-refractivity contribution in [3.8, 4) is 23.8 Å². The Labute approximate surface area is 192 Å². The SMILES string of the molecule is C#CCN(c1ccc(NSc2ccc(OC)c(OC)c2)c2ccccc12)C(C)CC(=O)O. The van der Waals surface area contributed by atoms with Gasteiger partial charge in [-0.1, -0.05) is 30.2 Å². The lowest BCUT2D eigenvalue weighted by molar-refractivity contribution is -0.137. The Morgan fingerprint density at radius 1 is 1.12 bits per heavy atom. The third kappa shape index (κ3) is 5.21. The summed E-state index contributed by atoms with van der Waals surface area (Å²) in [5, 5.41) is 11.3. The fourth-order valence-corrected chi connectivity index (χ4v) is 4.26. The van der Waals surface area contributed by atoms with Crippen LogP contribution in [0.15, 0.2) is 59.5 Å². The molecule has 0 aromatic heterocycles. The molecule has 0 amide bonds. The summed E-state index contributed by atoms with van der Waals surface area (Å²) in [4.78, 5) is 14.2. The quantitative estimate of drug-likeness (QED) is 0.322. The number of carbonyl (C=O) groups is 1. The van der Waals surface area contributed by atoms with Crippen molar-refractivity contribution in [2.24, 2.45) is 0 Å². The number of terminal acetylenes is 1. The maximum Gasteiger partial charge on any atom is 0.305 e. The van der Waals surface area contributed by atoms with E-state index in [-0.39, 0.29) is 12.5 Å². The van der Waals surface area contributed by atoms with E-state index in [9.17, 15) is 9.90 Å². The zero-order chi connectivity index (χ0) is 23.1. The molecular formula is C25H26N2O4S. The summed E-state index contributed by atoms with van der Waals surface area (Å²) in [6.07, 6.45) is 5.60. The Balaban J connectivity index is 1.92. The molecule has 0 bridgehead atoms. The fraction of sp³-hybridized carbons (Fsp3) is 0.240. The van der Waals surface area contributed by atoms with E-state index in [1.807, 2.05) is 66.4 Å². The highest BCUT2D eigenvalue weighted by Crippen LogP contribution is 2.37. The van der Waals surface area contributed by atoms with Crippen molar-refractivity contribution in [3.05, 3.63) is 54.6 Å². The van der Waals surface area contributed by atoms with Crippen molar-refractivity contribution in [1.82, 2.24) is 0 Å². The van der Waals surface area contributed by atoms with Crippen molar-refractivity contribution < 1.29 is 19.4 Å². The number of methoxy groups -OCH3 is 2. The first-order valence-corrected chi connectivity index (χ1v) is 10.9. The maximum absolute atomic E-state index is 11.3. The van der Waals surface area contributed by atoms with Crippen LogP contribution < -0.4 is 19.1 Å². The number of ether oxygens (including phenoxy) is 2. The normalized spacial score (nSPS) is 11.4. The standard InChI is InChI=1S/C25H26N2O4S/c1-5-14-27(17(2)15-25(28)29)22-12-11-21(19-8-6-7-9-20(19)22)26-32-18-10-13-23(30-3)24(16-18)31-4/h1,6-13,16-17,26H,14-15H2,2-4H3,(H,28,29). The van der Waals surface area contributed by atoms with E-state index in [1.165, 1.54) is 11.9 Å². The number of nitrogens with one attached hydrogen (secondary N) is 1. The van der Waals surface area contributed by atoms with Gasteiger partial charge in [-0.25, -0.2) is 0 Å². The Hall–Kier alpha value is -3.50. The highest BCUT2D eigenvalue weighted by molar-refractivity contribution is 8.00. The minimum atomic E-state index is -0.853. The van der Waals surface area contributed by atoms with Gasteiger partial charge >= 0.3 is 5.97 Å². The Bertz CT molecular complexity index is 1140. The number of benzene rings is 3. The summed E-state index contributed by atoms with van der Waals surface area (Å²) in [6.45, 7) is 2.20. The predicted molar refractivity (Wildman–Crippen MR) is 131 cm³/mol. The highest BCUT2D eigenvalue weighted by atomic mass is 32.2. The fourth-order valence-electron chi connectivity index (χ4n) is 3.56. The molecule has 0 aliphatic carbocycles. The lowest BCUT2D eigenvalue weighted by Crippen LogP contribution is -2.35. The zero-order valence-corrected chi connectivity index (χ0v) is 19.1. The zero-order valence-electron chi connectivity index (χ0n) is 18.3. The van der Waals surface area contributed by atoms with E-state index in [4.69, 9.17) is 15.9 Å². The van der Waals surface area contributed by atoms with Crippen molar-refractivity contribution >= 4 is 40.1 Å². The monoisotopic (exact) mass is 450 g/mol. The lowest BCUT2D eigenvalue weighted by atomic mass is 10.0. The number of hydrogen-bond donors (Lipinski definition) is 2. The Morgan fingerprint density at radius 3 is 2.50 bits per heavy atom. The lowest BCUT2D eigenvalue weighted by Gasteiger charge is -2.30. The molecule has 0 saturated carbocycles. The van der Waals surface area contributed by atoms with Gasteiger partial charge in [-0.05, 0) is 49.2 Å². The number of anilines is 2. The minimum absolute atomic E-state index is 0.00512. The van der Waals surface area contributed by atoms with Crippen molar-refractivity contribution in [3.63, 3.8) is 0 Å². The third-order valence-corrected chi connectivity index (χ3v) is 5.92. The molecule has 2 N–H and O–H groups in total. The molecule has 6 nitrogen and oxygen atoms in total. The van der Waals surface area contributed by atoms with Crippen LogP contribution in [0.25, 0.3) is 10.8 Å². The number of nitrogens with zero attached hydrogens (tertiary/aromatic N) is 1. The average molecular weight is 451 g/mol. The largest absolute Gasteiger partial charge is 0.493 e. The van der Waals surface area contributed by atoms with Crippen LogP contribution in [0.4, 0.5) is 11.4 Å². The predicted octanol–water partition coefficient (Wildman–Crippen LogP) is 5.28. The number of fused-ring (bicyclic) bond motifs is 1. The van der Waals surface area contributed by atoms with Crippen LogP contribution in [0.5, 0.6) is 11.5 Å². The average Bonchev–Trinajstić information content (AvgIpc) is 2.80. The van der Waals surface area contributed by atoms with E-state index in [0.717, 1.165) is 27.0 Å². The van der Waals surface area contributed by atoms with E-state index in [2.05, 4.69) is 10.6 Å². The molecule has 0 spiro atoms. The van der Waals surface area contributed by atoms with Crippen LogP contribution in [0, 0.1) is 12.3 Å². The molecule has 3 aromatic carbocycles. The van der Waals surface area contributed by atoms with Gasteiger partial charge in [0.1, 0.15) is 0 Å². The second kappa shape index (κ2) is 10.7. The van der Waals surface area contributed by atoms with Gasteiger partial charge in [0.15, 0.2) is 11.5 Å². The van der Waals surface area contributed by atoms with E-state index < -0.39 is 5.97 Å². The van der Waals surface area contributed by atoms with E-state index in [0.29, 0.717) is 18.0 Å². The van der Waals surface area contributed by atoms with Crippen molar-refractivity contribution in [2.45, 2.75) is 24.3 Å². The molecule has 7 heteroatoms. The summed E-state index contributed by atoms with van der Waals surface area (Å²) < 4.78 is 14.1. The molecule has 0 aliphatic heterocycles. The number of rotatable bonds is 10. The third-order valence-electron chi connectivity index (χ3n) is 5.11. The van der Waals surface area contributed by atoms with Crippen LogP contribution in [0.3, 0.4) is 0 Å². The summed E-state index contributed by atoms with van der Waals surface area (Å²) in [5.74, 6) is 3.14. The molecule has 0 aliphatic rings. The van der Waals surface area contributed by atoms with E-state index in [1.54, 1.807) is 14.2 Å². The summed E-state index contributed by atoms with van der Waals surface area (Å²) in [5.41, 5.74) is 1.85. The van der Waals surface area contributed by atoms with Crippen molar-refractivity contribution in [1.29, 1.82) is 0 Å². The van der Waals surface area contributed by atoms with E-state index >= 15 is 0 Å². The molecule has 0 fully saturated rings. The maximum atomic E-state index is 11.3. The second-order valence-electron chi connectivity index (χ2n) is 7.18. The number of carboxylic acids is 1. The topological polar surface area (TPSA) is 71.0 Å². The summed E-state index contributed by atoms with van der Waals surface area (Å²) >= 11 is 1.47. The van der Waals surface area contributed by atoms with Gasteiger partial charge in [-0.15, -0.1) is 6.42 Å². The van der Waals surface area contributed by atoms with Gasteiger partial charge in [-0.2, -0.15) is 0 Å². The van der Waals surface area contributed by atoms with Crippen LogP contribution in [-0.2, 0) is 4.79 Å². The first kappa shape index (κ1) is 23.2. The first-order chi connectivity index (χ1) is 15.5. The molecule has 1 atom stereocenters. The van der Waals surface area contributed by atoms with Crippen molar-refractivity contribution in [2.75, 3.05) is 30.4 Å². The van der Waals surface area contributed by atoms with Gasteiger partial charge in [-0.3, -0.25) is 4.79 Å². The number of aliphatic carboxylic acids is 1. The highest BCUT2D eigenvalue weighted by Gasteiger charge is 2.19. The first-order valence-electron chi connectivity index (χ1n) is 10.1. The molecule has 32 heavy (non-hydrogen) atoms. The molecule has 0 saturated heterocycles. The van der Waals surface area contributed by atoms with Crippen LogP contribution >= 0.6 is 11.9 Å². The van der Waals surface area contributed by atoms with Gasteiger partial charge in [0.05, 0.1) is 32.9 Å². The molecule has 3 aromatic rings. The van der Waals surface area contributed by atoms with Crippen LogP contribution in [-0.4, -0.2) is 37.9 Å². The Kier molecular flexibility index (Phi) is 7.74. The molecular weight excluding hydrogens is 424 g/mol. The summed E-state index contributed by atoms with van der Waals surface area (Å²) in [7, 11) is 3.22.